The second kappa shape index (κ2) is 6.72. The number of rotatable bonds is 4. The highest BCUT2D eigenvalue weighted by Gasteiger charge is 2.38. The maximum Gasteiger partial charge on any atom is 0.355 e. The molecule has 1 aromatic carbocycles. The number of halogens is 1. The number of Topliss-reactive ketones (excluding diaryl/α,β-unsaturated/α-hetero) is 1. The average Bonchev–Trinajstić information content (AvgIpc) is 3.36. The van der Waals surface area contributed by atoms with Crippen LogP contribution in [0.3, 0.4) is 0 Å². The molecule has 0 radical (unpaired) electrons. The topological polar surface area (TPSA) is 99.0 Å². The Morgan fingerprint density at radius 2 is 2.15 bits per heavy atom. The summed E-state index contributed by atoms with van der Waals surface area (Å²) in [6, 6.07) is 8.20. The summed E-state index contributed by atoms with van der Waals surface area (Å²) in [5.41, 5.74) is 0.425. The van der Waals surface area contributed by atoms with Crippen LogP contribution in [0.4, 0.5) is 10.3 Å². The van der Waals surface area contributed by atoms with Crippen LogP contribution in [0.2, 0.25) is 0 Å². The summed E-state index contributed by atoms with van der Waals surface area (Å²) >= 11 is 1.23. The van der Waals surface area contributed by atoms with Gasteiger partial charge in [0.15, 0.2) is 0 Å². The van der Waals surface area contributed by atoms with Gasteiger partial charge in [-0.05, 0) is 39.6 Å². The number of esters is 1. The van der Waals surface area contributed by atoms with Gasteiger partial charge >= 0.3 is 5.97 Å². The fraction of sp³-hybridized carbons (Fsp3) is 0.118. The number of thiophene rings is 1. The van der Waals surface area contributed by atoms with E-state index in [0.717, 1.165) is 0 Å². The molecule has 0 fully saturated rings. The number of methoxy groups -OCH3 is 1. The Labute approximate surface area is 156 Å². The van der Waals surface area contributed by atoms with Crippen molar-refractivity contribution in [3.05, 3.63) is 69.3 Å². The molecule has 136 valence electrons. The van der Waals surface area contributed by atoms with Crippen molar-refractivity contribution in [1.29, 1.82) is 0 Å². The molecule has 0 bridgehead atoms. The van der Waals surface area contributed by atoms with Crippen molar-refractivity contribution in [3.8, 4) is 0 Å². The number of benzene rings is 1. The summed E-state index contributed by atoms with van der Waals surface area (Å²) in [6.07, 6.45) is 0. The highest BCUT2D eigenvalue weighted by Crippen LogP contribution is 2.37. The van der Waals surface area contributed by atoms with E-state index >= 15 is 0 Å². The molecule has 3 aromatic rings. The van der Waals surface area contributed by atoms with Crippen LogP contribution >= 0.6 is 11.3 Å². The molecule has 1 N–H and O–H groups in total. The van der Waals surface area contributed by atoms with Gasteiger partial charge in [0.2, 0.25) is 11.7 Å². The number of tetrazole rings is 1. The van der Waals surface area contributed by atoms with Crippen molar-refractivity contribution < 1.29 is 18.7 Å². The molecule has 3 heterocycles. The molecular weight excluding hydrogens is 373 g/mol. The van der Waals surface area contributed by atoms with E-state index in [1.807, 2.05) is 0 Å². The van der Waals surface area contributed by atoms with E-state index in [2.05, 4.69) is 20.8 Å². The number of carbonyl (C=O) groups excluding carboxylic acids is 2. The lowest BCUT2D eigenvalue weighted by atomic mass is 9.91. The van der Waals surface area contributed by atoms with E-state index in [1.54, 1.807) is 23.6 Å². The smallest absolute Gasteiger partial charge is 0.355 e. The first kappa shape index (κ1) is 17.0. The third-order valence-corrected chi connectivity index (χ3v) is 4.93. The van der Waals surface area contributed by atoms with Crippen LogP contribution in [0, 0.1) is 5.82 Å². The van der Waals surface area contributed by atoms with Gasteiger partial charge in [-0.25, -0.2) is 9.18 Å². The predicted octanol–water partition coefficient (Wildman–Crippen LogP) is 2.20. The van der Waals surface area contributed by atoms with E-state index in [0.29, 0.717) is 10.4 Å². The molecule has 27 heavy (non-hydrogen) atoms. The predicted molar refractivity (Wildman–Crippen MR) is 93.7 cm³/mol. The molecule has 0 unspecified atom stereocenters. The molecule has 1 aliphatic heterocycles. The van der Waals surface area contributed by atoms with E-state index in [4.69, 9.17) is 4.74 Å². The van der Waals surface area contributed by atoms with E-state index in [-0.39, 0.29) is 17.2 Å². The second-order valence-corrected chi connectivity index (χ2v) is 6.56. The third kappa shape index (κ3) is 2.89. The number of hydrogen-bond acceptors (Lipinski definition) is 8. The molecule has 0 spiro atoms. The zero-order valence-corrected chi connectivity index (χ0v) is 14.7. The second-order valence-electron chi connectivity index (χ2n) is 5.62. The molecule has 4 rings (SSSR count). The molecule has 1 atom stereocenters. The number of ketones is 1. The summed E-state index contributed by atoms with van der Waals surface area (Å²) in [4.78, 5) is 26.0. The largest absolute Gasteiger partial charge is 0.464 e. The number of ether oxygens (including phenoxy) is 1. The van der Waals surface area contributed by atoms with Crippen LogP contribution in [-0.4, -0.2) is 39.1 Å². The first-order valence-corrected chi connectivity index (χ1v) is 8.69. The van der Waals surface area contributed by atoms with Crippen LogP contribution in [-0.2, 0) is 9.53 Å². The van der Waals surface area contributed by atoms with Gasteiger partial charge in [0.05, 0.1) is 17.6 Å². The SMILES string of the molecule is COC(=O)C1=C(C(=O)c2cccs2)[C@H](c2cccc(F)c2)n2nnnc2N1. The molecule has 8 nitrogen and oxygen atoms in total. The Balaban J connectivity index is 1.97. The van der Waals surface area contributed by atoms with Crippen LogP contribution < -0.4 is 5.32 Å². The lowest BCUT2D eigenvalue weighted by Gasteiger charge is -2.27. The molecule has 10 heteroatoms. The van der Waals surface area contributed by atoms with Crippen LogP contribution in [0.5, 0.6) is 0 Å². The monoisotopic (exact) mass is 385 g/mol. The number of hydrogen-bond donors (Lipinski definition) is 1. The highest BCUT2D eigenvalue weighted by atomic mass is 32.1. The van der Waals surface area contributed by atoms with Crippen molar-refractivity contribution in [2.45, 2.75) is 6.04 Å². The summed E-state index contributed by atoms with van der Waals surface area (Å²) in [5, 5.41) is 15.8. The minimum Gasteiger partial charge on any atom is -0.464 e. The summed E-state index contributed by atoms with van der Waals surface area (Å²) in [6.45, 7) is 0. The van der Waals surface area contributed by atoms with Crippen molar-refractivity contribution in [3.63, 3.8) is 0 Å². The Hall–Kier alpha value is -3.40. The Morgan fingerprint density at radius 3 is 2.85 bits per heavy atom. The number of nitrogens with zero attached hydrogens (tertiary/aromatic N) is 4. The van der Waals surface area contributed by atoms with Gasteiger partial charge in [0.1, 0.15) is 17.6 Å². The van der Waals surface area contributed by atoms with Gasteiger partial charge < -0.3 is 10.1 Å². The van der Waals surface area contributed by atoms with Crippen molar-refractivity contribution >= 4 is 29.0 Å². The fourth-order valence-corrected chi connectivity index (χ4v) is 3.59. The third-order valence-electron chi connectivity index (χ3n) is 4.06. The van der Waals surface area contributed by atoms with Gasteiger partial charge in [-0.15, -0.1) is 11.3 Å². The molecule has 0 aliphatic carbocycles. The minimum absolute atomic E-state index is 0.0764. The van der Waals surface area contributed by atoms with E-state index < -0.39 is 23.6 Å². The first-order chi connectivity index (χ1) is 13.1. The number of anilines is 1. The molecular formula is C17H12FN5O3S. The van der Waals surface area contributed by atoms with Gasteiger partial charge in [0, 0.05) is 0 Å². The fourth-order valence-electron chi connectivity index (χ4n) is 2.91. The molecule has 0 amide bonds. The summed E-state index contributed by atoms with van der Waals surface area (Å²) in [7, 11) is 1.21. The van der Waals surface area contributed by atoms with E-state index in [9.17, 15) is 14.0 Å². The number of allylic oxidation sites excluding steroid dienone is 1. The van der Waals surface area contributed by atoms with Gasteiger partial charge in [-0.1, -0.05) is 23.3 Å². The highest BCUT2D eigenvalue weighted by molar-refractivity contribution is 7.12. The van der Waals surface area contributed by atoms with Crippen LogP contribution in [0.25, 0.3) is 0 Å². The van der Waals surface area contributed by atoms with Gasteiger partial charge in [0.25, 0.3) is 0 Å². The minimum atomic E-state index is -0.893. The lowest BCUT2D eigenvalue weighted by Crippen LogP contribution is -2.32. The summed E-state index contributed by atoms with van der Waals surface area (Å²) in [5.74, 6) is -1.48. The number of nitrogens with one attached hydrogen (secondary N) is 1. The summed E-state index contributed by atoms with van der Waals surface area (Å²) < 4.78 is 20.0. The normalized spacial score (nSPS) is 15.9. The van der Waals surface area contributed by atoms with E-state index in [1.165, 1.54) is 41.3 Å². The van der Waals surface area contributed by atoms with Crippen molar-refractivity contribution in [1.82, 2.24) is 20.2 Å². The molecule has 0 saturated heterocycles. The van der Waals surface area contributed by atoms with Gasteiger partial charge in [-0.2, -0.15) is 4.68 Å². The van der Waals surface area contributed by atoms with Crippen LogP contribution in [0.15, 0.2) is 53.0 Å². The maximum absolute atomic E-state index is 13.9. The molecule has 0 saturated carbocycles. The zero-order chi connectivity index (χ0) is 19.0. The first-order valence-electron chi connectivity index (χ1n) is 7.81. The zero-order valence-electron chi connectivity index (χ0n) is 13.9. The van der Waals surface area contributed by atoms with Gasteiger partial charge in [-0.3, -0.25) is 4.79 Å². The quantitative estimate of drug-likeness (QED) is 0.543. The Bertz CT molecular complexity index is 1060. The Morgan fingerprint density at radius 1 is 1.30 bits per heavy atom. The van der Waals surface area contributed by atoms with Crippen LogP contribution in [0.1, 0.15) is 21.3 Å². The maximum atomic E-state index is 13.9. The Kier molecular flexibility index (Phi) is 4.24. The van der Waals surface area contributed by atoms with Crippen molar-refractivity contribution in [2.24, 2.45) is 0 Å². The number of fused-ring (bicyclic) bond motifs is 1. The molecule has 1 aliphatic rings. The lowest BCUT2D eigenvalue weighted by molar-refractivity contribution is -0.136. The number of aromatic nitrogens is 4. The standard InChI is InChI=1S/C17H12FN5O3S/c1-26-16(25)13-12(15(24)11-6-3-7-27-11)14(9-4-2-5-10(18)8-9)23-17(19-13)20-21-22-23/h2-8,14H,1H3,(H,19,20,22)/t14-/m0/s1. The van der Waals surface area contributed by atoms with Crippen molar-refractivity contribution in [2.75, 3.05) is 12.4 Å². The average molecular weight is 385 g/mol. The number of carbonyl (C=O) groups is 2. The molecule has 2 aromatic heterocycles.